The Morgan fingerprint density at radius 3 is 2.25 bits per heavy atom. The highest BCUT2D eigenvalue weighted by atomic mass is 32.2. The van der Waals surface area contributed by atoms with Crippen molar-refractivity contribution < 1.29 is 0 Å². The number of rotatable bonds is 3. The van der Waals surface area contributed by atoms with E-state index in [0.29, 0.717) is 0 Å². The Bertz CT molecular complexity index is 457. The van der Waals surface area contributed by atoms with Gasteiger partial charge in [-0.1, -0.05) is 49.0 Å². The van der Waals surface area contributed by atoms with E-state index in [1.54, 1.807) is 0 Å². The summed E-state index contributed by atoms with van der Waals surface area (Å²) in [5.74, 6) is 0. The molecular formula is C15H16S. The molecule has 0 aliphatic rings. The number of benzene rings is 2. The maximum atomic E-state index is 2.21. The first-order valence-electron chi connectivity index (χ1n) is 5.62. The summed E-state index contributed by atoms with van der Waals surface area (Å²) in [5, 5.41) is 0. The second kappa shape index (κ2) is 5.22. The fraction of sp³-hybridized carbons (Fsp3) is 0.200. The first-order valence-corrected chi connectivity index (χ1v) is 6.43. The third-order valence-electron chi connectivity index (χ3n) is 2.65. The molecule has 1 heteroatoms. The van der Waals surface area contributed by atoms with E-state index in [1.165, 1.54) is 20.9 Å². The van der Waals surface area contributed by atoms with Gasteiger partial charge in [-0.3, -0.25) is 0 Å². The first kappa shape index (κ1) is 11.3. The average molecular weight is 228 g/mol. The van der Waals surface area contributed by atoms with Crippen LogP contribution in [-0.2, 0) is 6.42 Å². The summed E-state index contributed by atoms with van der Waals surface area (Å²) >= 11 is 1.83. The SMILES string of the molecule is CCc1ccc(Sc2ccccc2C)cc1. The minimum atomic E-state index is 1.11. The van der Waals surface area contributed by atoms with Crippen LogP contribution in [0.5, 0.6) is 0 Å². The molecule has 0 aliphatic carbocycles. The van der Waals surface area contributed by atoms with Crippen LogP contribution in [0.1, 0.15) is 18.1 Å². The van der Waals surface area contributed by atoms with Crippen LogP contribution in [0.3, 0.4) is 0 Å². The van der Waals surface area contributed by atoms with Gasteiger partial charge in [-0.2, -0.15) is 0 Å². The van der Waals surface area contributed by atoms with E-state index in [2.05, 4.69) is 62.4 Å². The summed E-state index contributed by atoms with van der Waals surface area (Å²) in [6, 6.07) is 17.3. The number of aryl methyl sites for hydroxylation is 2. The highest BCUT2D eigenvalue weighted by Crippen LogP contribution is 2.29. The van der Waals surface area contributed by atoms with Crippen molar-refractivity contribution in [3.05, 3.63) is 59.7 Å². The molecule has 0 atom stereocenters. The fourth-order valence-corrected chi connectivity index (χ4v) is 2.49. The molecule has 0 aliphatic heterocycles. The molecule has 0 fully saturated rings. The Morgan fingerprint density at radius 2 is 1.62 bits per heavy atom. The van der Waals surface area contributed by atoms with Gasteiger partial charge in [0.2, 0.25) is 0 Å². The van der Waals surface area contributed by atoms with Crippen molar-refractivity contribution in [1.29, 1.82) is 0 Å². The van der Waals surface area contributed by atoms with E-state index < -0.39 is 0 Å². The van der Waals surface area contributed by atoms with Crippen LogP contribution in [0.15, 0.2) is 58.3 Å². The van der Waals surface area contributed by atoms with Gasteiger partial charge in [0, 0.05) is 9.79 Å². The molecule has 0 saturated carbocycles. The third kappa shape index (κ3) is 2.67. The molecule has 0 unspecified atom stereocenters. The quantitative estimate of drug-likeness (QED) is 0.733. The number of hydrogen-bond donors (Lipinski definition) is 0. The zero-order chi connectivity index (χ0) is 11.4. The van der Waals surface area contributed by atoms with Crippen LogP contribution in [0.2, 0.25) is 0 Å². The second-order valence-corrected chi connectivity index (χ2v) is 4.98. The Balaban J connectivity index is 2.18. The predicted octanol–water partition coefficient (Wildman–Crippen LogP) is 4.71. The highest BCUT2D eigenvalue weighted by Gasteiger charge is 1.99. The zero-order valence-electron chi connectivity index (χ0n) is 9.73. The predicted molar refractivity (Wildman–Crippen MR) is 71.1 cm³/mol. The highest BCUT2D eigenvalue weighted by molar-refractivity contribution is 7.99. The molecule has 2 aromatic rings. The lowest BCUT2D eigenvalue weighted by atomic mass is 10.2. The van der Waals surface area contributed by atoms with E-state index in [1.807, 2.05) is 11.8 Å². The third-order valence-corrected chi connectivity index (χ3v) is 3.84. The van der Waals surface area contributed by atoms with Crippen LogP contribution in [0.25, 0.3) is 0 Å². The van der Waals surface area contributed by atoms with Crippen molar-refractivity contribution in [2.75, 3.05) is 0 Å². The molecule has 0 N–H and O–H groups in total. The standard InChI is InChI=1S/C15H16S/c1-3-13-8-10-14(11-9-13)16-15-7-5-4-6-12(15)2/h4-11H,3H2,1-2H3. The lowest BCUT2D eigenvalue weighted by molar-refractivity contribution is 1.13. The van der Waals surface area contributed by atoms with Crippen LogP contribution < -0.4 is 0 Å². The summed E-state index contributed by atoms with van der Waals surface area (Å²) in [7, 11) is 0. The molecule has 0 spiro atoms. The molecule has 2 rings (SSSR count). The monoisotopic (exact) mass is 228 g/mol. The minimum Gasteiger partial charge on any atom is -0.0898 e. The van der Waals surface area contributed by atoms with Crippen molar-refractivity contribution in [3.8, 4) is 0 Å². The van der Waals surface area contributed by atoms with E-state index in [0.717, 1.165) is 6.42 Å². The molecule has 0 aromatic heterocycles. The van der Waals surface area contributed by atoms with Crippen LogP contribution >= 0.6 is 11.8 Å². The van der Waals surface area contributed by atoms with Gasteiger partial charge < -0.3 is 0 Å². The van der Waals surface area contributed by atoms with Crippen molar-refractivity contribution in [2.45, 2.75) is 30.1 Å². The maximum Gasteiger partial charge on any atom is 0.0151 e. The molecule has 0 amide bonds. The number of hydrogen-bond acceptors (Lipinski definition) is 1. The maximum absolute atomic E-state index is 2.21. The van der Waals surface area contributed by atoms with Crippen molar-refractivity contribution >= 4 is 11.8 Å². The van der Waals surface area contributed by atoms with E-state index in [9.17, 15) is 0 Å². The zero-order valence-corrected chi connectivity index (χ0v) is 10.6. The molecule has 2 aromatic carbocycles. The van der Waals surface area contributed by atoms with Gasteiger partial charge in [0.05, 0.1) is 0 Å². The normalized spacial score (nSPS) is 10.4. The second-order valence-electron chi connectivity index (χ2n) is 3.87. The van der Waals surface area contributed by atoms with E-state index in [-0.39, 0.29) is 0 Å². The van der Waals surface area contributed by atoms with Crippen molar-refractivity contribution in [2.24, 2.45) is 0 Å². The molecule has 0 heterocycles. The lowest BCUT2D eigenvalue weighted by Crippen LogP contribution is -1.81. The van der Waals surface area contributed by atoms with Crippen LogP contribution in [0, 0.1) is 6.92 Å². The fourth-order valence-electron chi connectivity index (χ4n) is 1.59. The Kier molecular flexibility index (Phi) is 3.68. The molecule has 0 nitrogen and oxygen atoms in total. The average Bonchev–Trinajstić information content (AvgIpc) is 2.33. The summed E-state index contributed by atoms with van der Waals surface area (Å²) in [6.07, 6.45) is 1.11. The molecule has 82 valence electrons. The minimum absolute atomic E-state index is 1.11. The first-order chi connectivity index (χ1) is 7.79. The summed E-state index contributed by atoms with van der Waals surface area (Å²) in [6.45, 7) is 4.34. The Morgan fingerprint density at radius 1 is 0.938 bits per heavy atom. The Hall–Kier alpha value is -1.21. The smallest absolute Gasteiger partial charge is 0.0151 e. The van der Waals surface area contributed by atoms with Gasteiger partial charge in [-0.25, -0.2) is 0 Å². The van der Waals surface area contributed by atoms with Crippen LogP contribution in [-0.4, -0.2) is 0 Å². The molecule has 16 heavy (non-hydrogen) atoms. The van der Waals surface area contributed by atoms with Crippen LogP contribution in [0.4, 0.5) is 0 Å². The summed E-state index contributed by atoms with van der Waals surface area (Å²) in [4.78, 5) is 2.65. The Labute approximate surface area is 102 Å². The van der Waals surface area contributed by atoms with Gasteiger partial charge in [0.15, 0.2) is 0 Å². The molecular weight excluding hydrogens is 212 g/mol. The van der Waals surface area contributed by atoms with Gasteiger partial charge in [0.1, 0.15) is 0 Å². The summed E-state index contributed by atoms with van der Waals surface area (Å²) < 4.78 is 0. The van der Waals surface area contributed by atoms with E-state index in [4.69, 9.17) is 0 Å². The van der Waals surface area contributed by atoms with Gasteiger partial charge in [-0.05, 0) is 42.7 Å². The van der Waals surface area contributed by atoms with Gasteiger partial charge >= 0.3 is 0 Å². The summed E-state index contributed by atoms with van der Waals surface area (Å²) in [5.41, 5.74) is 2.74. The molecule has 0 radical (unpaired) electrons. The van der Waals surface area contributed by atoms with Gasteiger partial charge in [0.25, 0.3) is 0 Å². The topological polar surface area (TPSA) is 0 Å². The molecule has 0 saturated heterocycles. The largest absolute Gasteiger partial charge is 0.0898 e. The van der Waals surface area contributed by atoms with E-state index >= 15 is 0 Å². The van der Waals surface area contributed by atoms with Gasteiger partial charge in [-0.15, -0.1) is 0 Å². The van der Waals surface area contributed by atoms with Crippen molar-refractivity contribution in [3.63, 3.8) is 0 Å². The van der Waals surface area contributed by atoms with Crippen molar-refractivity contribution in [1.82, 2.24) is 0 Å². The lowest BCUT2D eigenvalue weighted by Gasteiger charge is -2.05. The molecule has 0 bridgehead atoms.